The van der Waals surface area contributed by atoms with Crippen LogP contribution in [0.4, 0.5) is 10.8 Å². The van der Waals surface area contributed by atoms with Crippen LogP contribution in [-0.2, 0) is 6.61 Å². The van der Waals surface area contributed by atoms with Crippen molar-refractivity contribution in [3.8, 4) is 5.75 Å². The van der Waals surface area contributed by atoms with E-state index in [1.54, 1.807) is 49.5 Å². The van der Waals surface area contributed by atoms with Crippen molar-refractivity contribution in [2.45, 2.75) is 6.61 Å². The summed E-state index contributed by atoms with van der Waals surface area (Å²) in [7, 11) is 1.74. The number of aromatic nitrogens is 2. The standard InChI is InChI=1S/C17H16ClN5O2S/c1-20-14-5-3-2-4-13(14)16(24)23(19)17-22-21-15(26-17)10-25-12-8-6-11(18)7-9-12/h2-9,20H,10,19H2,1H3. The number of nitrogens with one attached hydrogen (secondary N) is 1. The van der Waals surface area contributed by atoms with Crippen molar-refractivity contribution in [3.05, 3.63) is 64.1 Å². The largest absolute Gasteiger partial charge is 0.486 e. The number of hydrogen-bond donors (Lipinski definition) is 2. The molecule has 0 saturated heterocycles. The molecule has 7 nitrogen and oxygen atoms in total. The van der Waals surface area contributed by atoms with Crippen molar-refractivity contribution in [3.63, 3.8) is 0 Å². The maximum absolute atomic E-state index is 12.6. The molecular weight excluding hydrogens is 374 g/mol. The number of hydrogen-bond acceptors (Lipinski definition) is 7. The average Bonchev–Trinajstić information content (AvgIpc) is 3.15. The van der Waals surface area contributed by atoms with Gasteiger partial charge in [-0.2, -0.15) is 0 Å². The Morgan fingerprint density at radius 1 is 1.23 bits per heavy atom. The molecule has 134 valence electrons. The molecule has 0 aliphatic carbocycles. The van der Waals surface area contributed by atoms with Crippen molar-refractivity contribution in [1.82, 2.24) is 10.2 Å². The molecule has 0 fully saturated rings. The zero-order valence-electron chi connectivity index (χ0n) is 13.8. The van der Waals surface area contributed by atoms with Gasteiger partial charge in [0.2, 0.25) is 5.13 Å². The number of halogens is 1. The van der Waals surface area contributed by atoms with E-state index in [-0.39, 0.29) is 17.6 Å². The zero-order chi connectivity index (χ0) is 18.5. The molecule has 1 heterocycles. The number of carbonyl (C=O) groups excluding carboxylic acids is 1. The lowest BCUT2D eigenvalue weighted by Crippen LogP contribution is -2.37. The minimum Gasteiger partial charge on any atom is -0.486 e. The molecule has 1 aromatic heterocycles. The Hall–Kier alpha value is -2.68. The first-order valence-electron chi connectivity index (χ1n) is 7.65. The summed E-state index contributed by atoms with van der Waals surface area (Å²) in [6.07, 6.45) is 0. The van der Waals surface area contributed by atoms with Gasteiger partial charge in [0, 0.05) is 17.8 Å². The van der Waals surface area contributed by atoms with Crippen LogP contribution >= 0.6 is 22.9 Å². The molecule has 3 rings (SSSR count). The van der Waals surface area contributed by atoms with Gasteiger partial charge >= 0.3 is 0 Å². The van der Waals surface area contributed by atoms with E-state index in [4.69, 9.17) is 22.2 Å². The van der Waals surface area contributed by atoms with Crippen LogP contribution in [0.5, 0.6) is 5.75 Å². The van der Waals surface area contributed by atoms with Crippen molar-refractivity contribution in [2.24, 2.45) is 5.84 Å². The van der Waals surface area contributed by atoms with Gasteiger partial charge in [-0.05, 0) is 36.4 Å². The maximum atomic E-state index is 12.6. The number of carbonyl (C=O) groups is 1. The number of nitrogens with two attached hydrogens (primary N) is 1. The molecule has 0 atom stereocenters. The van der Waals surface area contributed by atoms with Crippen LogP contribution in [0.3, 0.4) is 0 Å². The van der Waals surface area contributed by atoms with E-state index < -0.39 is 0 Å². The second-order valence-electron chi connectivity index (χ2n) is 5.19. The summed E-state index contributed by atoms with van der Waals surface area (Å²) >= 11 is 7.02. The zero-order valence-corrected chi connectivity index (χ0v) is 15.4. The predicted molar refractivity (Wildman–Crippen MR) is 103 cm³/mol. The Kier molecular flexibility index (Phi) is 5.67. The van der Waals surface area contributed by atoms with Crippen molar-refractivity contribution in [1.29, 1.82) is 0 Å². The van der Waals surface area contributed by atoms with Crippen LogP contribution in [0.2, 0.25) is 5.02 Å². The fourth-order valence-corrected chi connectivity index (χ4v) is 2.98. The number of nitrogens with zero attached hydrogens (tertiary/aromatic N) is 3. The van der Waals surface area contributed by atoms with Gasteiger partial charge in [0.25, 0.3) is 5.91 Å². The predicted octanol–water partition coefficient (Wildman–Crippen LogP) is 3.33. The topological polar surface area (TPSA) is 93.4 Å². The highest BCUT2D eigenvalue weighted by molar-refractivity contribution is 7.15. The number of para-hydroxylation sites is 1. The molecule has 0 radical (unpaired) electrons. The summed E-state index contributed by atoms with van der Waals surface area (Å²) in [5, 5.41) is 13.5. The van der Waals surface area contributed by atoms with Gasteiger partial charge in [-0.3, -0.25) is 4.79 Å². The van der Waals surface area contributed by atoms with Crippen LogP contribution in [0.25, 0.3) is 0 Å². The van der Waals surface area contributed by atoms with Crippen LogP contribution in [-0.4, -0.2) is 23.2 Å². The second-order valence-corrected chi connectivity index (χ2v) is 6.67. The van der Waals surface area contributed by atoms with Crippen LogP contribution in [0, 0.1) is 0 Å². The van der Waals surface area contributed by atoms with Gasteiger partial charge < -0.3 is 10.1 Å². The number of hydrazine groups is 1. The summed E-state index contributed by atoms with van der Waals surface area (Å²) in [6, 6.07) is 14.1. The van der Waals surface area contributed by atoms with E-state index in [0.29, 0.717) is 27.0 Å². The fraction of sp³-hybridized carbons (Fsp3) is 0.118. The van der Waals surface area contributed by atoms with Crippen molar-refractivity contribution < 1.29 is 9.53 Å². The molecule has 0 saturated carbocycles. The smallest absolute Gasteiger partial charge is 0.276 e. The summed E-state index contributed by atoms with van der Waals surface area (Å²) in [5.74, 6) is 6.22. The summed E-state index contributed by atoms with van der Waals surface area (Å²) in [6.45, 7) is 0.217. The molecule has 9 heteroatoms. The van der Waals surface area contributed by atoms with Crippen LogP contribution < -0.4 is 20.9 Å². The molecule has 3 N–H and O–H groups in total. The third kappa shape index (κ3) is 4.10. The lowest BCUT2D eigenvalue weighted by atomic mass is 10.1. The molecule has 0 spiro atoms. The number of ether oxygens (including phenoxy) is 1. The monoisotopic (exact) mass is 389 g/mol. The Morgan fingerprint density at radius 3 is 2.69 bits per heavy atom. The highest BCUT2D eigenvalue weighted by Crippen LogP contribution is 2.24. The molecule has 2 aromatic carbocycles. The first-order valence-corrected chi connectivity index (χ1v) is 8.84. The lowest BCUT2D eigenvalue weighted by Gasteiger charge is -2.14. The van der Waals surface area contributed by atoms with Crippen LogP contribution in [0.15, 0.2) is 48.5 Å². The molecule has 3 aromatic rings. The van der Waals surface area contributed by atoms with Gasteiger partial charge in [-0.15, -0.1) is 10.2 Å². The molecule has 0 aliphatic rings. The Balaban J connectivity index is 1.68. The number of rotatable bonds is 6. The first-order chi connectivity index (χ1) is 12.6. The Morgan fingerprint density at radius 2 is 1.96 bits per heavy atom. The van der Waals surface area contributed by atoms with E-state index in [1.165, 1.54) is 11.3 Å². The third-order valence-corrected chi connectivity index (χ3v) is 4.63. The number of anilines is 2. The minimum atomic E-state index is -0.378. The van der Waals surface area contributed by atoms with Gasteiger partial charge in [0.1, 0.15) is 12.4 Å². The fourth-order valence-electron chi connectivity index (χ4n) is 2.18. The number of benzene rings is 2. The lowest BCUT2D eigenvalue weighted by molar-refractivity contribution is 0.0987. The van der Waals surface area contributed by atoms with Crippen molar-refractivity contribution >= 4 is 39.7 Å². The van der Waals surface area contributed by atoms with Gasteiger partial charge in [0.05, 0.1) is 5.56 Å². The molecule has 0 bridgehead atoms. The normalized spacial score (nSPS) is 10.4. The van der Waals surface area contributed by atoms with Gasteiger partial charge in [-0.25, -0.2) is 10.9 Å². The average molecular weight is 390 g/mol. The summed E-state index contributed by atoms with van der Waals surface area (Å²) in [4.78, 5) is 12.6. The molecule has 0 unspecified atom stereocenters. The quantitative estimate of drug-likeness (QED) is 0.381. The summed E-state index contributed by atoms with van der Waals surface area (Å²) in [5.41, 5.74) is 1.13. The second kappa shape index (κ2) is 8.13. The van der Waals surface area contributed by atoms with E-state index in [1.807, 2.05) is 6.07 Å². The third-order valence-electron chi connectivity index (χ3n) is 3.48. The van der Waals surface area contributed by atoms with E-state index in [2.05, 4.69) is 15.5 Å². The Bertz CT molecular complexity index is 900. The van der Waals surface area contributed by atoms with Gasteiger partial charge in [0.15, 0.2) is 5.01 Å². The first kappa shape index (κ1) is 18.1. The van der Waals surface area contributed by atoms with E-state index in [9.17, 15) is 4.79 Å². The molecule has 26 heavy (non-hydrogen) atoms. The Labute approximate surface area is 159 Å². The van der Waals surface area contributed by atoms with E-state index in [0.717, 1.165) is 5.01 Å². The van der Waals surface area contributed by atoms with Crippen molar-refractivity contribution in [2.75, 3.05) is 17.4 Å². The highest BCUT2D eigenvalue weighted by atomic mass is 35.5. The maximum Gasteiger partial charge on any atom is 0.276 e. The molecule has 1 amide bonds. The molecule has 0 aliphatic heterocycles. The highest BCUT2D eigenvalue weighted by Gasteiger charge is 2.20. The minimum absolute atomic E-state index is 0.217. The molecular formula is C17H16ClN5O2S. The number of amides is 1. The summed E-state index contributed by atoms with van der Waals surface area (Å²) < 4.78 is 5.62. The van der Waals surface area contributed by atoms with Crippen LogP contribution in [0.1, 0.15) is 15.4 Å². The SMILES string of the molecule is CNc1ccccc1C(=O)N(N)c1nnc(COc2ccc(Cl)cc2)s1. The van der Waals surface area contributed by atoms with E-state index >= 15 is 0 Å². The van der Waals surface area contributed by atoms with Gasteiger partial charge in [-0.1, -0.05) is 35.1 Å².